The first-order valence-corrected chi connectivity index (χ1v) is 6.44. The van der Waals surface area contributed by atoms with Crippen molar-refractivity contribution < 1.29 is 9.53 Å². The second kappa shape index (κ2) is 6.36. The molecule has 1 heterocycles. The predicted molar refractivity (Wildman–Crippen MR) is 75.4 cm³/mol. The summed E-state index contributed by atoms with van der Waals surface area (Å²) in [6.45, 7) is 11.3. The molecule has 0 aromatic carbocycles. The van der Waals surface area contributed by atoms with Crippen molar-refractivity contribution in [2.45, 2.75) is 40.2 Å². The highest BCUT2D eigenvalue weighted by atomic mass is 16.6. The third-order valence-corrected chi connectivity index (χ3v) is 2.37. The largest absolute Gasteiger partial charge is 0.444 e. The van der Waals surface area contributed by atoms with Crippen molar-refractivity contribution in [2.24, 2.45) is 0 Å². The fourth-order valence-electron chi connectivity index (χ4n) is 1.52. The van der Waals surface area contributed by atoms with Crippen LogP contribution in [0, 0.1) is 0 Å². The SMILES string of the molecule is CCN(CC)c1ccc(NC(=O)OC(C)(C)C)nn1. The monoisotopic (exact) mass is 266 g/mol. The highest BCUT2D eigenvalue weighted by molar-refractivity contribution is 5.83. The van der Waals surface area contributed by atoms with Crippen molar-refractivity contribution in [1.82, 2.24) is 10.2 Å². The first-order valence-electron chi connectivity index (χ1n) is 6.44. The zero-order valence-corrected chi connectivity index (χ0v) is 12.2. The van der Waals surface area contributed by atoms with E-state index in [9.17, 15) is 4.79 Å². The molecule has 106 valence electrons. The molecule has 19 heavy (non-hydrogen) atoms. The summed E-state index contributed by atoms with van der Waals surface area (Å²) < 4.78 is 5.13. The van der Waals surface area contributed by atoms with Crippen LogP contribution in [0.3, 0.4) is 0 Å². The molecule has 0 bridgehead atoms. The van der Waals surface area contributed by atoms with Gasteiger partial charge in [0, 0.05) is 13.1 Å². The Labute approximate surface area is 114 Å². The van der Waals surface area contributed by atoms with Crippen molar-refractivity contribution in [3.05, 3.63) is 12.1 Å². The Balaban J connectivity index is 2.64. The molecule has 1 aromatic rings. The van der Waals surface area contributed by atoms with Crippen LogP contribution in [0.2, 0.25) is 0 Å². The summed E-state index contributed by atoms with van der Waals surface area (Å²) in [5.41, 5.74) is -0.529. The lowest BCUT2D eigenvalue weighted by Crippen LogP contribution is -2.28. The minimum atomic E-state index is -0.530. The molecule has 0 atom stereocenters. The van der Waals surface area contributed by atoms with Crippen LogP contribution in [0.5, 0.6) is 0 Å². The Bertz CT molecular complexity index is 408. The van der Waals surface area contributed by atoms with Crippen LogP contribution in [-0.2, 0) is 4.74 Å². The number of ether oxygens (including phenoxy) is 1. The normalized spacial score (nSPS) is 11.0. The molecule has 0 fully saturated rings. The molecular formula is C13H22N4O2. The van der Waals surface area contributed by atoms with Crippen LogP contribution in [0.1, 0.15) is 34.6 Å². The number of carbonyl (C=O) groups excluding carboxylic acids is 1. The molecule has 0 saturated carbocycles. The zero-order valence-electron chi connectivity index (χ0n) is 12.2. The minimum absolute atomic E-state index is 0.380. The maximum atomic E-state index is 11.5. The van der Waals surface area contributed by atoms with E-state index in [4.69, 9.17) is 4.74 Å². The summed E-state index contributed by atoms with van der Waals surface area (Å²) >= 11 is 0. The van der Waals surface area contributed by atoms with Crippen LogP contribution >= 0.6 is 0 Å². The van der Waals surface area contributed by atoms with E-state index >= 15 is 0 Å². The molecule has 6 heteroatoms. The second-order valence-electron chi connectivity index (χ2n) is 5.08. The van der Waals surface area contributed by atoms with Crippen molar-refractivity contribution in [3.63, 3.8) is 0 Å². The molecule has 1 amide bonds. The number of anilines is 2. The first kappa shape index (κ1) is 15.2. The molecular weight excluding hydrogens is 244 g/mol. The van der Waals surface area contributed by atoms with Gasteiger partial charge in [-0.1, -0.05) is 0 Å². The van der Waals surface area contributed by atoms with E-state index in [1.54, 1.807) is 6.07 Å². The number of nitrogens with zero attached hydrogens (tertiary/aromatic N) is 3. The Morgan fingerprint density at radius 3 is 2.32 bits per heavy atom. The second-order valence-corrected chi connectivity index (χ2v) is 5.08. The highest BCUT2D eigenvalue weighted by Crippen LogP contribution is 2.13. The molecule has 1 N–H and O–H groups in total. The highest BCUT2D eigenvalue weighted by Gasteiger charge is 2.16. The standard InChI is InChI=1S/C13H22N4O2/c1-6-17(7-2)11-9-8-10(15-16-11)14-12(18)19-13(3,4)5/h8-9H,6-7H2,1-5H3,(H,14,15,18). The fraction of sp³-hybridized carbons (Fsp3) is 0.615. The van der Waals surface area contributed by atoms with E-state index in [0.717, 1.165) is 18.9 Å². The molecule has 0 radical (unpaired) electrons. The van der Waals surface area contributed by atoms with Crippen LogP contribution in [0.4, 0.5) is 16.4 Å². The number of hydrogen-bond acceptors (Lipinski definition) is 5. The lowest BCUT2D eigenvalue weighted by Gasteiger charge is -2.20. The first-order chi connectivity index (χ1) is 8.85. The molecule has 0 aliphatic heterocycles. The molecule has 1 aromatic heterocycles. The Hall–Kier alpha value is -1.85. The predicted octanol–water partition coefficient (Wildman–Crippen LogP) is 2.67. The zero-order chi connectivity index (χ0) is 14.5. The van der Waals surface area contributed by atoms with Gasteiger partial charge in [-0.15, -0.1) is 10.2 Å². The minimum Gasteiger partial charge on any atom is -0.444 e. The van der Waals surface area contributed by atoms with Crippen LogP contribution in [-0.4, -0.2) is 35.0 Å². The van der Waals surface area contributed by atoms with Gasteiger partial charge < -0.3 is 9.64 Å². The van der Waals surface area contributed by atoms with Crippen molar-refractivity contribution in [2.75, 3.05) is 23.3 Å². The van der Waals surface area contributed by atoms with Crippen LogP contribution in [0.25, 0.3) is 0 Å². The average Bonchev–Trinajstić information content (AvgIpc) is 2.30. The van der Waals surface area contributed by atoms with E-state index in [1.165, 1.54) is 0 Å². The Morgan fingerprint density at radius 1 is 1.26 bits per heavy atom. The van der Waals surface area contributed by atoms with E-state index in [2.05, 4.69) is 34.3 Å². The molecule has 0 spiro atoms. The summed E-state index contributed by atoms with van der Waals surface area (Å²) in [6.07, 6.45) is -0.530. The fourth-order valence-corrected chi connectivity index (χ4v) is 1.52. The van der Waals surface area contributed by atoms with E-state index in [0.29, 0.717) is 5.82 Å². The molecule has 6 nitrogen and oxygen atoms in total. The van der Waals surface area contributed by atoms with Gasteiger partial charge in [-0.3, -0.25) is 5.32 Å². The van der Waals surface area contributed by atoms with Gasteiger partial charge in [-0.2, -0.15) is 0 Å². The summed E-state index contributed by atoms with van der Waals surface area (Å²) in [7, 11) is 0. The van der Waals surface area contributed by atoms with Gasteiger partial charge >= 0.3 is 6.09 Å². The van der Waals surface area contributed by atoms with Gasteiger partial charge in [0.05, 0.1) is 0 Å². The summed E-state index contributed by atoms with van der Waals surface area (Å²) in [6, 6.07) is 3.54. The molecule has 0 aliphatic rings. The smallest absolute Gasteiger partial charge is 0.413 e. The third kappa shape index (κ3) is 5.11. The lowest BCUT2D eigenvalue weighted by atomic mass is 10.2. The van der Waals surface area contributed by atoms with Gasteiger partial charge in [-0.25, -0.2) is 4.79 Å². The summed E-state index contributed by atoms with van der Waals surface area (Å²) in [5.74, 6) is 1.17. The van der Waals surface area contributed by atoms with Crippen molar-refractivity contribution in [3.8, 4) is 0 Å². The third-order valence-electron chi connectivity index (χ3n) is 2.37. The van der Waals surface area contributed by atoms with Gasteiger partial charge in [0.2, 0.25) is 0 Å². The summed E-state index contributed by atoms with van der Waals surface area (Å²) in [5, 5.41) is 10.6. The average molecular weight is 266 g/mol. The Kier molecular flexibility index (Phi) is 5.09. The molecule has 0 saturated heterocycles. The maximum Gasteiger partial charge on any atom is 0.413 e. The molecule has 1 rings (SSSR count). The molecule has 0 aliphatic carbocycles. The number of nitrogens with one attached hydrogen (secondary N) is 1. The Morgan fingerprint density at radius 2 is 1.89 bits per heavy atom. The number of hydrogen-bond donors (Lipinski definition) is 1. The number of carbonyl (C=O) groups is 1. The van der Waals surface area contributed by atoms with Crippen molar-refractivity contribution in [1.29, 1.82) is 0 Å². The van der Waals surface area contributed by atoms with Crippen molar-refractivity contribution >= 4 is 17.7 Å². The van der Waals surface area contributed by atoms with Gasteiger partial charge in [-0.05, 0) is 46.8 Å². The van der Waals surface area contributed by atoms with Gasteiger partial charge in [0.1, 0.15) is 5.60 Å². The van der Waals surface area contributed by atoms with E-state index in [1.807, 2.05) is 26.8 Å². The van der Waals surface area contributed by atoms with Crippen LogP contribution < -0.4 is 10.2 Å². The molecule has 0 unspecified atom stereocenters. The number of aromatic nitrogens is 2. The van der Waals surface area contributed by atoms with Gasteiger partial charge in [0.25, 0.3) is 0 Å². The van der Waals surface area contributed by atoms with E-state index in [-0.39, 0.29) is 0 Å². The number of amides is 1. The topological polar surface area (TPSA) is 67.4 Å². The van der Waals surface area contributed by atoms with Crippen LogP contribution in [0.15, 0.2) is 12.1 Å². The maximum absolute atomic E-state index is 11.5. The summed E-state index contributed by atoms with van der Waals surface area (Å²) in [4.78, 5) is 13.6. The lowest BCUT2D eigenvalue weighted by molar-refractivity contribution is 0.0635. The van der Waals surface area contributed by atoms with E-state index < -0.39 is 11.7 Å². The van der Waals surface area contributed by atoms with Gasteiger partial charge in [0.15, 0.2) is 11.6 Å². The quantitative estimate of drug-likeness (QED) is 0.907. The number of rotatable bonds is 4.